The Hall–Kier alpha value is -2.61. The van der Waals surface area contributed by atoms with Crippen LogP contribution in [-0.4, -0.2) is 30.1 Å². The predicted octanol–water partition coefficient (Wildman–Crippen LogP) is 2.18. The van der Waals surface area contributed by atoms with Crippen LogP contribution < -0.4 is 19.7 Å². The van der Waals surface area contributed by atoms with Gasteiger partial charge < -0.3 is 14.8 Å². The third-order valence-electron chi connectivity index (χ3n) is 3.84. The van der Waals surface area contributed by atoms with E-state index in [-0.39, 0.29) is 25.0 Å². The number of fused-ring (bicyclic) bond motifs is 1. The van der Waals surface area contributed by atoms with Gasteiger partial charge in [0.05, 0.1) is 12.1 Å². The minimum absolute atomic E-state index is 0.0979. The standard InChI is InChI=1S/C16H15N3O4S/c20-14(17-10-3-4-12-13(6-10)23-9-22-12)7-11-8-24-16(18-11)19-5-1-2-15(19)21/h3-4,6,8H,1-2,5,7,9H2,(H,17,20). The van der Waals surface area contributed by atoms with Crippen molar-refractivity contribution in [3.05, 3.63) is 29.3 Å². The van der Waals surface area contributed by atoms with Gasteiger partial charge in [0.25, 0.3) is 0 Å². The summed E-state index contributed by atoms with van der Waals surface area (Å²) in [5.74, 6) is 1.22. The van der Waals surface area contributed by atoms with Gasteiger partial charge in [0.1, 0.15) is 0 Å². The van der Waals surface area contributed by atoms with Gasteiger partial charge in [0, 0.05) is 30.1 Å². The number of carbonyl (C=O) groups is 2. The molecule has 1 N–H and O–H groups in total. The van der Waals surface area contributed by atoms with Gasteiger partial charge in [-0.1, -0.05) is 0 Å². The van der Waals surface area contributed by atoms with Crippen molar-refractivity contribution in [3.63, 3.8) is 0 Å². The Bertz CT molecular complexity index is 804. The summed E-state index contributed by atoms with van der Waals surface area (Å²) in [6.07, 6.45) is 1.59. The number of rotatable bonds is 4. The number of carbonyl (C=O) groups excluding carboxylic acids is 2. The normalized spacial score (nSPS) is 15.8. The van der Waals surface area contributed by atoms with Crippen molar-refractivity contribution in [2.75, 3.05) is 23.6 Å². The van der Waals surface area contributed by atoms with Gasteiger partial charge in [-0.2, -0.15) is 0 Å². The van der Waals surface area contributed by atoms with Crippen molar-refractivity contribution >= 4 is 34.0 Å². The zero-order valence-corrected chi connectivity index (χ0v) is 13.6. The maximum atomic E-state index is 12.2. The highest BCUT2D eigenvalue weighted by molar-refractivity contribution is 7.14. The van der Waals surface area contributed by atoms with Gasteiger partial charge in [-0.25, -0.2) is 4.98 Å². The molecule has 2 aliphatic rings. The summed E-state index contributed by atoms with van der Waals surface area (Å²) < 4.78 is 10.5. The lowest BCUT2D eigenvalue weighted by molar-refractivity contribution is -0.117. The minimum Gasteiger partial charge on any atom is -0.454 e. The molecule has 0 radical (unpaired) electrons. The first-order valence-corrected chi connectivity index (χ1v) is 8.51. The second-order valence-corrected chi connectivity index (χ2v) is 6.40. The number of hydrogen-bond acceptors (Lipinski definition) is 6. The van der Waals surface area contributed by atoms with E-state index in [0.29, 0.717) is 41.0 Å². The fourth-order valence-electron chi connectivity index (χ4n) is 2.70. The van der Waals surface area contributed by atoms with Crippen molar-refractivity contribution in [1.82, 2.24) is 4.98 Å². The molecular formula is C16H15N3O4S. The van der Waals surface area contributed by atoms with E-state index < -0.39 is 0 Å². The molecule has 2 amide bonds. The van der Waals surface area contributed by atoms with Gasteiger partial charge in [-0.05, 0) is 18.6 Å². The summed E-state index contributed by atoms with van der Waals surface area (Å²) in [5.41, 5.74) is 1.31. The molecular weight excluding hydrogens is 330 g/mol. The number of thiazole rings is 1. The van der Waals surface area contributed by atoms with Gasteiger partial charge >= 0.3 is 0 Å². The van der Waals surface area contributed by atoms with Crippen LogP contribution in [0.5, 0.6) is 11.5 Å². The highest BCUT2D eigenvalue weighted by Crippen LogP contribution is 2.34. The molecule has 2 aromatic rings. The predicted molar refractivity (Wildman–Crippen MR) is 88.6 cm³/mol. The SMILES string of the molecule is O=C(Cc1csc(N2CCCC2=O)n1)Nc1ccc2c(c1)OCO2. The molecule has 0 atom stereocenters. The van der Waals surface area contributed by atoms with Crippen LogP contribution in [0.15, 0.2) is 23.6 Å². The van der Waals surface area contributed by atoms with Gasteiger partial charge in [0.2, 0.25) is 18.6 Å². The molecule has 1 fully saturated rings. The highest BCUT2D eigenvalue weighted by Gasteiger charge is 2.24. The summed E-state index contributed by atoms with van der Waals surface area (Å²) in [7, 11) is 0. The van der Waals surface area contributed by atoms with Crippen LogP contribution in [-0.2, 0) is 16.0 Å². The van der Waals surface area contributed by atoms with E-state index in [9.17, 15) is 9.59 Å². The third kappa shape index (κ3) is 2.92. The Kier molecular flexibility index (Phi) is 3.81. The van der Waals surface area contributed by atoms with E-state index in [1.54, 1.807) is 23.1 Å². The van der Waals surface area contributed by atoms with Crippen molar-refractivity contribution in [2.45, 2.75) is 19.3 Å². The van der Waals surface area contributed by atoms with E-state index in [1.807, 2.05) is 5.38 Å². The van der Waals surface area contributed by atoms with E-state index in [1.165, 1.54) is 11.3 Å². The molecule has 0 bridgehead atoms. The van der Waals surface area contributed by atoms with E-state index >= 15 is 0 Å². The first-order chi connectivity index (χ1) is 11.7. The number of hydrogen-bond donors (Lipinski definition) is 1. The largest absolute Gasteiger partial charge is 0.454 e. The topological polar surface area (TPSA) is 80.8 Å². The summed E-state index contributed by atoms with van der Waals surface area (Å²) in [5, 5.41) is 5.31. The molecule has 0 saturated carbocycles. The highest BCUT2D eigenvalue weighted by atomic mass is 32.1. The Morgan fingerprint density at radius 2 is 2.21 bits per heavy atom. The fraction of sp³-hybridized carbons (Fsp3) is 0.312. The van der Waals surface area contributed by atoms with Gasteiger partial charge in [-0.15, -0.1) is 11.3 Å². The van der Waals surface area contributed by atoms with Crippen LogP contribution >= 0.6 is 11.3 Å². The molecule has 1 aromatic heterocycles. The maximum absolute atomic E-state index is 12.2. The first kappa shape index (κ1) is 14.9. The van der Waals surface area contributed by atoms with Crippen molar-refractivity contribution in [3.8, 4) is 11.5 Å². The second-order valence-electron chi connectivity index (χ2n) is 5.56. The Labute approximate surface area is 142 Å². The second kappa shape index (κ2) is 6.12. The number of nitrogens with one attached hydrogen (secondary N) is 1. The molecule has 8 heteroatoms. The number of anilines is 2. The van der Waals surface area contributed by atoms with Crippen LogP contribution in [0.4, 0.5) is 10.8 Å². The number of ether oxygens (including phenoxy) is 2. The summed E-state index contributed by atoms with van der Waals surface area (Å²) in [6, 6.07) is 5.26. The lowest BCUT2D eigenvalue weighted by atomic mass is 10.2. The number of amides is 2. The van der Waals surface area contributed by atoms with E-state index in [0.717, 1.165) is 6.42 Å². The van der Waals surface area contributed by atoms with Crippen molar-refractivity contribution in [2.24, 2.45) is 0 Å². The molecule has 0 spiro atoms. The molecule has 1 aromatic carbocycles. The number of aromatic nitrogens is 1. The number of benzene rings is 1. The molecule has 1 saturated heterocycles. The molecule has 124 valence electrons. The smallest absolute Gasteiger partial charge is 0.231 e. The number of nitrogens with zero attached hydrogens (tertiary/aromatic N) is 2. The van der Waals surface area contributed by atoms with Gasteiger partial charge in [0.15, 0.2) is 16.6 Å². The van der Waals surface area contributed by atoms with Crippen LogP contribution in [0.1, 0.15) is 18.5 Å². The lowest BCUT2D eigenvalue weighted by Crippen LogP contribution is -2.23. The van der Waals surface area contributed by atoms with Crippen LogP contribution in [0.3, 0.4) is 0 Å². The molecule has 0 unspecified atom stereocenters. The van der Waals surface area contributed by atoms with E-state index in [4.69, 9.17) is 9.47 Å². The Balaban J connectivity index is 1.39. The fourth-order valence-corrected chi connectivity index (χ4v) is 3.56. The quantitative estimate of drug-likeness (QED) is 0.919. The summed E-state index contributed by atoms with van der Waals surface area (Å²) in [6.45, 7) is 0.902. The zero-order chi connectivity index (χ0) is 16.5. The van der Waals surface area contributed by atoms with Crippen molar-refractivity contribution < 1.29 is 19.1 Å². The van der Waals surface area contributed by atoms with Crippen LogP contribution in [0.2, 0.25) is 0 Å². The average Bonchev–Trinajstić information content (AvgIpc) is 3.27. The summed E-state index contributed by atoms with van der Waals surface area (Å²) in [4.78, 5) is 30.0. The lowest BCUT2D eigenvalue weighted by Gasteiger charge is -2.10. The molecule has 4 rings (SSSR count). The van der Waals surface area contributed by atoms with Gasteiger partial charge in [-0.3, -0.25) is 14.5 Å². The first-order valence-electron chi connectivity index (χ1n) is 7.63. The Morgan fingerprint density at radius 3 is 3.04 bits per heavy atom. The van der Waals surface area contributed by atoms with Crippen LogP contribution in [0.25, 0.3) is 0 Å². The minimum atomic E-state index is -0.168. The average molecular weight is 345 g/mol. The molecule has 2 aliphatic heterocycles. The Morgan fingerprint density at radius 1 is 1.33 bits per heavy atom. The summed E-state index contributed by atoms with van der Waals surface area (Å²) >= 11 is 1.39. The van der Waals surface area contributed by atoms with Crippen LogP contribution in [0, 0.1) is 0 Å². The molecule has 3 heterocycles. The monoisotopic (exact) mass is 345 g/mol. The maximum Gasteiger partial charge on any atom is 0.231 e. The molecule has 24 heavy (non-hydrogen) atoms. The molecule has 0 aliphatic carbocycles. The molecule has 7 nitrogen and oxygen atoms in total. The zero-order valence-electron chi connectivity index (χ0n) is 12.8. The van der Waals surface area contributed by atoms with Crippen molar-refractivity contribution in [1.29, 1.82) is 0 Å². The van der Waals surface area contributed by atoms with E-state index in [2.05, 4.69) is 10.3 Å². The third-order valence-corrected chi connectivity index (χ3v) is 4.75.